The molecule has 1 aromatic rings. The average Bonchev–Trinajstić information content (AvgIpc) is 3.06. The Kier molecular flexibility index (Phi) is 6.56. The highest BCUT2D eigenvalue weighted by Crippen LogP contribution is 2.25. The molecule has 150 valence electrons. The van der Waals surface area contributed by atoms with E-state index in [1.54, 1.807) is 7.11 Å². The summed E-state index contributed by atoms with van der Waals surface area (Å²) >= 11 is 0. The fourth-order valence-electron chi connectivity index (χ4n) is 4.15. The van der Waals surface area contributed by atoms with Crippen molar-refractivity contribution < 1.29 is 14.3 Å². The van der Waals surface area contributed by atoms with Crippen molar-refractivity contribution in [1.82, 2.24) is 10.2 Å². The van der Waals surface area contributed by atoms with Crippen molar-refractivity contribution in [2.75, 3.05) is 33.4 Å². The van der Waals surface area contributed by atoms with Gasteiger partial charge in [-0.05, 0) is 63.1 Å². The molecule has 1 aliphatic carbocycles. The highest BCUT2D eigenvalue weighted by Gasteiger charge is 2.33. The Hall–Kier alpha value is -1.43. The zero-order valence-electron chi connectivity index (χ0n) is 17.2. The topological polar surface area (TPSA) is 50.8 Å². The summed E-state index contributed by atoms with van der Waals surface area (Å²) in [5.74, 6) is -0.124. The Bertz CT molecular complexity index is 651. The third-order valence-corrected chi connectivity index (χ3v) is 5.37. The summed E-state index contributed by atoms with van der Waals surface area (Å²) in [6.07, 6.45) is 4.28. The van der Waals surface area contributed by atoms with Gasteiger partial charge >= 0.3 is 5.97 Å². The molecule has 3 rings (SSSR count). The first-order valence-corrected chi connectivity index (χ1v) is 10.2. The minimum absolute atomic E-state index is 0.124. The number of benzene rings is 1. The van der Waals surface area contributed by atoms with Gasteiger partial charge in [-0.15, -0.1) is 0 Å². The normalized spacial score (nSPS) is 21.7. The maximum Gasteiger partial charge on any atom is 0.324 e. The molecule has 2 atom stereocenters. The van der Waals surface area contributed by atoms with Gasteiger partial charge in [0, 0.05) is 32.8 Å². The molecule has 5 nitrogen and oxygen atoms in total. The number of carbonyl (C=O) groups excluding carboxylic acids is 1. The Balaban J connectivity index is 1.77. The molecule has 0 amide bonds. The summed E-state index contributed by atoms with van der Waals surface area (Å²) in [4.78, 5) is 15.3. The van der Waals surface area contributed by atoms with Gasteiger partial charge in [-0.25, -0.2) is 0 Å². The SMILES string of the molecule is COC[C@H]1CN([C@@H](Cc2ccc3c(c2)CCC3)C(=O)OC(C)(C)C)CCN1. The van der Waals surface area contributed by atoms with Crippen LogP contribution in [0.5, 0.6) is 0 Å². The number of fused-ring (bicyclic) bond motifs is 1. The van der Waals surface area contributed by atoms with E-state index in [4.69, 9.17) is 9.47 Å². The largest absolute Gasteiger partial charge is 0.459 e. The number of ether oxygens (including phenoxy) is 2. The molecule has 1 aliphatic heterocycles. The van der Waals surface area contributed by atoms with Crippen LogP contribution in [0.4, 0.5) is 0 Å². The molecule has 1 N–H and O–H groups in total. The number of carbonyl (C=O) groups is 1. The van der Waals surface area contributed by atoms with E-state index in [0.29, 0.717) is 13.0 Å². The number of piperazine rings is 1. The van der Waals surface area contributed by atoms with Crippen molar-refractivity contribution in [2.24, 2.45) is 0 Å². The van der Waals surface area contributed by atoms with Crippen LogP contribution >= 0.6 is 0 Å². The summed E-state index contributed by atoms with van der Waals surface area (Å²) in [6.45, 7) is 8.94. The molecular formula is C22H34N2O3. The second kappa shape index (κ2) is 8.72. The molecule has 0 unspecified atom stereocenters. The fraction of sp³-hybridized carbons (Fsp3) is 0.682. The minimum Gasteiger partial charge on any atom is -0.459 e. The maximum atomic E-state index is 13.0. The first kappa shape index (κ1) is 20.3. The van der Waals surface area contributed by atoms with Crippen LogP contribution < -0.4 is 5.32 Å². The molecule has 1 heterocycles. The van der Waals surface area contributed by atoms with Crippen LogP contribution in [0, 0.1) is 0 Å². The minimum atomic E-state index is -0.479. The molecule has 5 heteroatoms. The fourth-order valence-corrected chi connectivity index (χ4v) is 4.15. The zero-order valence-corrected chi connectivity index (χ0v) is 17.2. The van der Waals surface area contributed by atoms with E-state index in [2.05, 4.69) is 28.4 Å². The second-order valence-corrected chi connectivity index (χ2v) is 8.81. The molecule has 1 fully saturated rings. The molecular weight excluding hydrogens is 340 g/mol. The molecule has 0 saturated carbocycles. The van der Waals surface area contributed by atoms with Crippen molar-refractivity contribution in [1.29, 1.82) is 0 Å². The highest BCUT2D eigenvalue weighted by molar-refractivity contribution is 5.76. The van der Waals surface area contributed by atoms with Crippen molar-refractivity contribution in [3.63, 3.8) is 0 Å². The Morgan fingerprint density at radius 3 is 2.81 bits per heavy atom. The van der Waals surface area contributed by atoms with Crippen LogP contribution in [-0.2, 0) is 33.5 Å². The van der Waals surface area contributed by atoms with Crippen LogP contribution in [-0.4, -0.2) is 61.9 Å². The van der Waals surface area contributed by atoms with Gasteiger partial charge in [0.05, 0.1) is 6.61 Å². The zero-order chi connectivity index (χ0) is 19.4. The highest BCUT2D eigenvalue weighted by atomic mass is 16.6. The van der Waals surface area contributed by atoms with Crippen molar-refractivity contribution >= 4 is 5.97 Å². The summed E-state index contributed by atoms with van der Waals surface area (Å²) in [5, 5.41) is 3.47. The van der Waals surface area contributed by atoms with Crippen LogP contribution in [0.1, 0.15) is 43.9 Å². The lowest BCUT2D eigenvalue weighted by atomic mass is 9.99. The molecule has 0 radical (unpaired) electrons. The molecule has 27 heavy (non-hydrogen) atoms. The lowest BCUT2D eigenvalue weighted by Crippen LogP contribution is -2.58. The molecule has 1 aromatic carbocycles. The predicted molar refractivity (Wildman–Crippen MR) is 107 cm³/mol. The van der Waals surface area contributed by atoms with Gasteiger partial charge in [-0.3, -0.25) is 9.69 Å². The van der Waals surface area contributed by atoms with E-state index >= 15 is 0 Å². The van der Waals surface area contributed by atoms with Gasteiger partial charge in [-0.1, -0.05) is 18.2 Å². The number of nitrogens with zero attached hydrogens (tertiary/aromatic N) is 1. The van der Waals surface area contributed by atoms with E-state index < -0.39 is 5.60 Å². The quantitative estimate of drug-likeness (QED) is 0.775. The molecule has 0 bridgehead atoms. The van der Waals surface area contributed by atoms with Gasteiger partial charge in [0.1, 0.15) is 11.6 Å². The van der Waals surface area contributed by atoms with E-state index in [0.717, 1.165) is 26.1 Å². The summed E-state index contributed by atoms with van der Waals surface area (Å²) in [7, 11) is 1.72. The number of hydrogen-bond donors (Lipinski definition) is 1. The van der Waals surface area contributed by atoms with Crippen molar-refractivity contribution in [2.45, 2.75) is 64.1 Å². The van der Waals surface area contributed by atoms with Crippen LogP contribution in [0.3, 0.4) is 0 Å². The smallest absolute Gasteiger partial charge is 0.324 e. The number of aryl methyl sites for hydroxylation is 2. The molecule has 2 aliphatic rings. The van der Waals surface area contributed by atoms with Crippen LogP contribution in [0.2, 0.25) is 0 Å². The van der Waals surface area contributed by atoms with Crippen LogP contribution in [0.25, 0.3) is 0 Å². The lowest BCUT2D eigenvalue weighted by Gasteiger charge is -2.38. The van der Waals surface area contributed by atoms with E-state index in [9.17, 15) is 4.79 Å². The molecule has 0 spiro atoms. The standard InChI is InChI=1S/C22H34N2O3/c1-22(2,3)27-21(25)20(24-11-10-23-19(14-24)15-26-4)13-16-8-9-17-6-5-7-18(17)12-16/h8-9,12,19-20,23H,5-7,10-11,13-15H2,1-4H3/t19-,20+/m1/s1. The van der Waals surface area contributed by atoms with E-state index in [1.165, 1.54) is 29.5 Å². The first-order chi connectivity index (χ1) is 12.9. The second-order valence-electron chi connectivity index (χ2n) is 8.81. The number of nitrogens with one attached hydrogen (secondary N) is 1. The maximum absolute atomic E-state index is 13.0. The Labute approximate surface area is 163 Å². The Morgan fingerprint density at radius 2 is 2.07 bits per heavy atom. The van der Waals surface area contributed by atoms with Gasteiger partial charge in [0.15, 0.2) is 0 Å². The summed E-state index contributed by atoms with van der Waals surface area (Å²) < 4.78 is 11.1. The molecule has 1 saturated heterocycles. The third kappa shape index (κ3) is 5.53. The lowest BCUT2D eigenvalue weighted by molar-refractivity contribution is -0.162. The number of hydrogen-bond acceptors (Lipinski definition) is 5. The van der Waals surface area contributed by atoms with Gasteiger partial charge in [0.2, 0.25) is 0 Å². The molecule has 0 aromatic heterocycles. The van der Waals surface area contributed by atoms with Gasteiger partial charge < -0.3 is 14.8 Å². The average molecular weight is 375 g/mol. The number of methoxy groups -OCH3 is 1. The van der Waals surface area contributed by atoms with Gasteiger partial charge in [-0.2, -0.15) is 0 Å². The van der Waals surface area contributed by atoms with Crippen LogP contribution in [0.15, 0.2) is 18.2 Å². The predicted octanol–water partition coefficient (Wildman–Crippen LogP) is 2.35. The van der Waals surface area contributed by atoms with Gasteiger partial charge in [0.25, 0.3) is 0 Å². The first-order valence-electron chi connectivity index (χ1n) is 10.2. The van der Waals surface area contributed by atoms with E-state index in [-0.39, 0.29) is 18.1 Å². The monoisotopic (exact) mass is 374 g/mol. The third-order valence-electron chi connectivity index (χ3n) is 5.37. The van der Waals surface area contributed by atoms with Crippen molar-refractivity contribution in [3.05, 3.63) is 34.9 Å². The Morgan fingerprint density at radius 1 is 1.30 bits per heavy atom. The van der Waals surface area contributed by atoms with E-state index in [1.807, 2.05) is 20.8 Å². The summed E-state index contributed by atoms with van der Waals surface area (Å²) in [6, 6.07) is 6.72. The summed E-state index contributed by atoms with van der Waals surface area (Å²) in [5.41, 5.74) is 3.67. The number of rotatable bonds is 6. The van der Waals surface area contributed by atoms with Crippen molar-refractivity contribution in [3.8, 4) is 0 Å². The number of esters is 1.